The first-order chi connectivity index (χ1) is 13.0. The minimum atomic E-state index is 0.0147. The molecule has 0 saturated carbocycles. The fourth-order valence-corrected chi connectivity index (χ4v) is 5.52. The van der Waals surface area contributed by atoms with Gasteiger partial charge in [-0.15, -0.1) is 11.3 Å². The Balaban J connectivity index is 1.61. The van der Waals surface area contributed by atoms with E-state index in [1.54, 1.807) is 0 Å². The van der Waals surface area contributed by atoms with Crippen LogP contribution in [0.25, 0.3) is 10.1 Å². The molecule has 6 heteroatoms. The largest absolute Gasteiger partial charge is 0.351 e. The lowest BCUT2D eigenvalue weighted by Gasteiger charge is -2.43. The molecule has 1 saturated heterocycles. The zero-order chi connectivity index (χ0) is 19.1. The Kier molecular flexibility index (Phi) is 4.95. The maximum absolute atomic E-state index is 13.2. The molecule has 0 aliphatic carbocycles. The number of rotatable bonds is 3. The highest BCUT2D eigenvalue weighted by Gasteiger charge is 2.30. The molecule has 2 aliphatic heterocycles. The summed E-state index contributed by atoms with van der Waals surface area (Å²) in [6.45, 7) is 9.81. The maximum atomic E-state index is 13.2. The molecule has 5 nitrogen and oxygen atoms in total. The normalized spacial score (nSPS) is 20.8. The second-order valence-corrected chi connectivity index (χ2v) is 8.82. The van der Waals surface area contributed by atoms with Crippen LogP contribution in [0.15, 0.2) is 18.2 Å². The van der Waals surface area contributed by atoms with Crippen LogP contribution in [-0.2, 0) is 6.42 Å². The van der Waals surface area contributed by atoms with E-state index in [0.29, 0.717) is 18.6 Å². The number of amides is 2. The van der Waals surface area contributed by atoms with Gasteiger partial charge in [-0.25, -0.2) is 0 Å². The summed E-state index contributed by atoms with van der Waals surface area (Å²) in [6, 6.07) is 6.85. The van der Waals surface area contributed by atoms with Crippen molar-refractivity contribution < 1.29 is 9.59 Å². The van der Waals surface area contributed by atoms with Crippen LogP contribution in [0.5, 0.6) is 0 Å². The van der Waals surface area contributed by atoms with Gasteiger partial charge in [-0.1, -0.05) is 6.92 Å². The molecule has 2 amide bonds. The van der Waals surface area contributed by atoms with Crippen molar-refractivity contribution in [3.05, 3.63) is 34.2 Å². The van der Waals surface area contributed by atoms with Gasteiger partial charge in [0.2, 0.25) is 0 Å². The molecular formula is C21H27N3O2S. The number of carbonyl (C=O) groups is 2. The second-order valence-electron chi connectivity index (χ2n) is 7.77. The molecule has 3 heterocycles. The first-order valence-electron chi connectivity index (χ1n) is 9.88. The zero-order valence-electron chi connectivity index (χ0n) is 16.2. The lowest BCUT2D eigenvalue weighted by atomic mass is 10.0. The molecule has 1 aromatic carbocycles. The standard InChI is InChI=1S/C21H27N3O2S/c1-4-15-12-23(9-10-24(15)13(2)3)21(26)14-5-6-18-17(11-14)16-7-8-22-20(25)19(16)27-18/h5-6,11,13,15H,4,7-10,12H2,1-3H3,(H,22,25)/t15-/m0/s1. The SMILES string of the molecule is CC[C@H]1CN(C(=O)c2ccc3sc4c(c3c2)CCNC4=O)CCN1C(C)C. The number of nitrogens with zero attached hydrogens (tertiary/aromatic N) is 2. The van der Waals surface area contributed by atoms with Crippen molar-refractivity contribution in [1.29, 1.82) is 0 Å². The molecule has 27 heavy (non-hydrogen) atoms. The Labute approximate surface area is 164 Å². The molecule has 1 N–H and O–H groups in total. The van der Waals surface area contributed by atoms with Crippen molar-refractivity contribution in [2.24, 2.45) is 0 Å². The first-order valence-corrected chi connectivity index (χ1v) is 10.7. The van der Waals surface area contributed by atoms with Gasteiger partial charge in [-0.05, 0) is 55.8 Å². The van der Waals surface area contributed by atoms with E-state index in [0.717, 1.165) is 58.6 Å². The quantitative estimate of drug-likeness (QED) is 0.883. The van der Waals surface area contributed by atoms with Crippen LogP contribution in [0.4, 0.5) is 0 Å². The number of hydrogen-bond acceptors (Lipinski definition) is 4. The lowest BCUT2D eigenvalue weighted by Crippen LogP contribution is -2.56. The molecule has 2 aromatic rings. The minimum absolute atomic E-state index is 0.0147. The number of benzene rings is 1. The Hall–Kier alpha value is -1.92. The summed E-state index contributed by atoms with van der Waals surface area (Å²) < 4.78 is 1.09. The fourth-order valence-electron chi connectivity index (χ4n) is 4.37. The van der Waals surface area contributed by atoms with Crippen LogP contribution < -0.4 is 5.32 Å². The van der Waals surface area contributed by atoms with E-state index in [-0.39, 0.29) is 11.8 Å². The summed E-state index contributed by atoms with van der Waals surface area (Å²) in [5.41, 5.74) is 1.84. The highest BCUT2D eigenvalue weighted by Crippen LogP contribution is 2.34. The Morgan fingerprint density at radius 1 is 1.33 bits per heavy atom. The van der Waals surface area contributed by atoms with Gasteiger partial charge < -0.3 is 10.2 Å². The zero-order valence-corrected chi connectivity index (χ0v) is 17.1. The monoisotopic (exact) mass is 385 g/mol. The number of thiophene rings is 1. The van der Waals surface area contributed by atoms with Crippen LogP contribution in [0.2, 0.25) is 0 Å². The van der Waals surface area contributed by atoms with Crippen LogP contribution in [0.1, 0.15) is 52.8 Å². The third kappa shape index (κ3) is 3.25. The van der Waals surface area contributed by atoms with Gasteiger partial charge in [0, 0.05) is 48.5 Å². The highest BCUT2D eigenvalue weighted by atomic mass is 32.1. The third-order valence-corrected chi connectivity index (χ3v) is 7.07. The van der Waals surface area contributed by atoms with E-state index in [9.17, 15) is 9.59 Å². The lowest BCUT2D eigenvalue weighted by molar-refractivity contribution is 0.0371. The summed E-state index contributed by atoms with van der Waals surface area (Å²) in [7, 11) is 0. The molecule has 1 atom stereocenters. The molecule has 0 spiro atoms. The Morgan fingerprint density at radius 3 is 2.89 bits per heavy atom. The van der Waals surface area contributed by atoms with Gasteiger partial charge in [-0.2, -0.15) is 0 Å². The van der Waals surface area contributed by atoms with Crippen molar-refractivity contribution in [1.82, 2.24) is 15.1 Å². The van der Waals surface area contributed by atoms with Gasteiger partial charge in [0.15, 0.2) is 0 Å². The topological polar surface area (TPSA) is 52.7 Å². The number of carbonyl (C=O) groups excluding carboxylic acids is 2. The van der Waals surface area contributed by atoms with Gasteiger partial charge in [0.05, 0.1) is 4.88 Å². The highest BCUT2D eigenvalue weighted by molar-refractivity contribution is 7.21. The first kappa shape index (κ1) is 18.4. The minimum Gasteiger partial charge on any atom is -0.351 e. The summed E-state index contributed by atoms with van der Waals surface area (Å²) in [5.74, 6) is 0.125. The van der Waals surface area contributed by atoms with Crippen molar-refractivity contribution in [2.45, 2.75) is 45.7 Å². The number of fused-ring (bicyclic) bond motifs is 3. The summed E-state index contributed by atoms with van der Waals surface area (Å²) in [5, 5.41) is 3.98. The molecular weight excluding hydrogens is 358 g/mol. The molecule has 1 fully saturated rings. The van der Waals surface area contributed by atoms with Crippen LogP contribution in [-0.4, -0.2) is 59.9 Å². The van der Waals surface area contributed by atoms with Gasteiger partial charge in [-0.3, -0.25) is 14.5 Å². The second kappa shape index (κ2) is 7.24. The van der Waals surface area contributed by atoms with Gasteiger partial charge in [0.25, 0.3) is 11.8 Å². The van der Waals surface area contributed by atoms with Gasteiger partial charge >= 0.3 is 0 Å². The van der Waals surface area contributed by atoms with Crippen LogP contribution >= 0.6 is 11.3 Å². The van der Waals surface area contributed by atoms with E-state index in [2.05, 4.69) is 31.0 Å². The molecule has 2 aliphatic rings. The smallest absolute Gasteiger partial charge is 0.261 e. The van der Waals surface area contributed by atoms with E-state index in [4.69, 9.17) is 0 Å². The maximum Gasteiger partial charge on any atom is 0.261 e. The third-order valence-electron chi connectivity index (χ3n) is 5.85. The predicted molar refractivity (Wildman–Crippen MR) is 110 cm³/mol. The Morgan fingerprint density at radius 2 is 2.15 bits per heavy atom. The van der Waals surface area contributed by atoms with E-state index < -0.39 is 0 Å². The van der Waals surface area contributed by atoms with Crippen molar-refractivity contribution in [3.8, 4) is 0 Å². The number of nitrogens with one attached hydrogen (secondary N) is 1. The van der Waals surface area contributed by atoms with Crippen molar-refractivity contribution in [2.75, 3.05) is 26.2 Å². The molecule has 0 unspecified atom stereocenters. The fraction of sp³-hybridized carbons (Fsp3) is 0.524. The predicted octanol–water partition coefficient (Wildman–Crippen LogP) is 3.13. The Bertz CT molecular complexity index is 889. The number of piperazine rings is 1. The molecule has 1 aromatic heterocycles. The number of hydrogen-bond donors (Lipinski definition) is 1. The van der Waals surface area contributed by atoms with E-state index in [1.165, 1.54) is 11.3 Å². The summed E-state index contributed by atoms with van der Waals surface area (Å²) >= 11 is 1.53. The molecule has 0 bridgehead atoms. The van der Waals surface area contributed by atoms with Crippen LogP contribution in [0, 0.1) is 0 Å². The van der Waals surface area contributed by atoms with Gasteiger partial charge in [0.1, 0.15) is 0 Å². The molecule has 144 valence electrons. The van der Waals surface area contributed by atoms with E-state index in [1.807, 2.05) is 23.1 Å². The van der Waals surface area contributed by atoms with Crippen LogP contribution in [0.3, 0.4) is 0 Å². The van der Waals surface area contributed by atoms with Crippen molar-refractivity contribution >= 4 is 33.2 Å². The summed E-state index contributed by atoms with van der Waals surface area (Å²) in [4.78, 5) is 30.6. The molecule has 4 rings (SSSR count). The van der Waals surface area contributed by atoms with Crippen molar-refractivity contribution in [3.63, 3.8) is 0 Å². The summed E-state index contributed by atoms with van der Waals surface area (Å²) in [6.07, 6.45) is 1.89. The average molecular weight is 386 g/mol. The van der Waals surface area contributed by atoms with E-state index >= 15 is 0 Å². The average Bonchev–Trinajstić information content (AvgIpc) is 3.06. The molecule has 0 radical (unpaired) electrons.